The van der Waals surface area contributed by atoms with Gasteiger partial charge < -0.3 is 15.9 Å². The van der Waals surface area contributed by atoms with E-state index in [4.69, 9.17) is 21.3 Å². The molecule has 4 nitrogen and oxygen atoms in total. The summed E-state index contributed by atoms with van der Waals surface area (Å²) < 4.78 is 5.18. The van der Waals surface area contributed by atoms with Crippen molar-refractivity contribution >= 4 is 11.5 Å². The first-order chi connectivity index (χ1) is 6.59. The maximum absolute atomic E-state index is 7.38. The molecule has 0 aliphatic carbocycles. The zero-order valence-electron chi connectivity index (χ0n) is 8.00. The van der Waals surface area contributed by atoms with Gasteiger partial charge in [-0.3, -0.25) is 5.41 Å². The van der Waals surface area contributed by atoms with E-state index in [-0.39, 0.29) is 12.4 Å². The molecule has 0 aliphatic rings. The van der Waals surface area contributed by atoms with E-state index in [1.54, 1.807) is 31.2 Å². The molecule has 0 saturated heterocycles. The predicted molar refractivity (Wildman–Crippen MR) is 56.4 cm³/mol. The van der Waals surface area contributed by atoms with Crippen LogP contribution in [0.2, 0.25) is 0 Å². The lowest BCUT2D eigenvalue weighted by Crippen LogP contribution is -2.19. The fourth-order valence-corrected chi connectivity index (χ4v) is 0.962. The van der Waals surface area contributed by atoms with E-state index >= 15 is 0 Å². The van der Waals surface area contributed by atoms with Gasteiger partial charge in [-0.05, 0) is 36.8 Å². The maximum atomic E-state index is 7.38. The monoisotopic (exact) mass is 191 g/mol. The second-order valence-electron chi connectivity index (χ2n) is 2.96. The molecule has 74 valence electrons. The van der Waals surface area contributed by atoms with Crippen LogP contribution in [0.5, 0.6) is 5.75 Å². The summed E-state index contributed by atoms with van der Waals surface area (Å²) >= 11 is 0. The summed E-state index contributed by atoms with van der Waals surface area (Å²) in [5.74, 6) is 0.655. The Morgan fingerprint density at radius 3 is 2.29 bits per heavy atom. The van der Waals surface area contributed by atoms with Crippen LogP contribution in [0, 0.1) is 10.8 Å². The molecule has 4 heteroatoms. The third-order valence-electron chi connectivity index (χ3n) is 1.68. The average molecular weight is 191 g/mol. The summed E-state index contributed by atoms with van der Waals surface area (Å²) in [6.45, 7) is 1.83. The number of benzene rings is 1. The van der Waals surface area contributed by atoms with Crippen molar-refractivity contribution in [2.75, 3.05) is 6.61 Å². The standard InChI is InChI=1S/C10H13N3O/c1-7(11)8-2-4-9(5-3-8)14-6-10(12)13/h2-5,11H,6H2,1H3,(H3,12,13). The quantitative estimate of drug-likeness (QED) is 0.496. The molecule has 4 N–H and O–H groups in total. The topological polar surface area (TPSA) is 83.0 Å². The van der Waals surface area contributed by atoms with Gasteiger partial charge in [0.2, 0.25) is 0 Å². The van der Waals surface area contributed by atoms with E-state index in [1.807, 2.05) is 0 Å². The predicted octanol–water partition coefficient (Wildman–Crippen LogP) is 1.39. The van der Waals surface area contributed by atoms with E-state index < -0.39 is 0 Å². The zero-order chi connectivity index (χ0) is 10.6. The second-order valence-corrected chi connectivity index (χ2v) is 2.96. The van der Waals surface area contributed by atoms with Crippen molar-refractivity contribution in [3.63, 3.8) is 0 Å². The van der Waals surface area contributed by atoms with Crippen LogP contribution in [0.1, 0.15) is 12.5 Å². The van der Waals surface area contributed by atoms with Gasteiger partial charge in [-0.15, -0.1) is 0 Å². The highest BCUT2D eigenvalue weighted by Crippen LogP contribution is 2.12. The number of rotatable bonds is 4. The number of nitrogens with one attached hydrogen (secondary N) is 2. The molecular formula is C10H13N3O. The Labute approximate surface area is 82.7 Å². The Kier molecular flexibility index (Phi) is 3.23. The minimum absolute atomic E-state index is 0.00249. The molecule has 0 saturated carbocycles. The van der Waals surface area contributed by atoms with Gasteiger partial charge >= 0.3 is 0 Å². The van der Waals surface area contributed by atoms with Crippen LogP contribution in [0.4, 0.5) is 0 Å². The summed E-state index contributed by atoms with van der Waals surface area (Å²) in [4.78, 5) is 0. The molecular weight excluding hydrogens is 178 g/mol. The first-order valence-corrected chi connectivity index (χ1v) is 4.21. The van der Waals surface area contributed by atoms with Gasteiger partial charge in [0.25, 0.3) is 0 Å². The molecule has 0 unspecified atom stereocenters. The maximum Gasteiger partial charge on any atom is 0.145 e. The molecule has 0 heterocycles. The normalized spacial score (nSPS) is 9.50. The van der Waals surface area contributed by atoms with Gasteiger partial charge in [0, 0.05) is 5.71 Å². The summed E-state index contributed by atoms with van der Waals surface area (Å²) in [5, 5.41) is 14.4. The molecule has 1 rings (SSSR count). The molecule has 0 atom stereocenters. The van der Waals surface area contributed by atoms with E-state index in [0.717, 1.165) is 5.56 Å². The lowest BCUT2D eigenvalue weighted by atomic mass is 10.1. The van der Waals surface area contributed by atoms with Gasteiger partial charge in [0.15, 0.2) is 0 Å². The summed E-state index contributed by atoms with van der Waals surface area (Å²) in [6, 6.07) is 7.13. The van der Waals surface area contributed by atoms with Gasteiger partial charge in [-0.1, -0.05) is 0 Å². The Balaban J connectivity index is 2.64. The molecule has 0 radical (unpaired) electrons. The number of hydrogen-bond acceptors (Lipinski definition) is 3. The van der Waals surface area contributed by atoms with Crippen LogP contribution in [-0.2, 0) is 0 Å². The molecule has 1 aromatic rings. The van der Waals surface area contributed by atoms with E-state index in [0.29, 0.717) is 11.5 Å². The fourth-order valence-electron chi connectivity index (χ4n) is 0.962. The van der Waals surface area contributed by atoms with Crippen molar-refractivity contribution in [2.24, 2.45) is 5.73 Å². The second kappa shape index (κ2) is 4.41. The van der Waals surface area contributed by atoms with Gasteiger partial charge in [-0.25, -0.2) is 0 Å². The Hall–Kier alpha value is -1.84. The molecule has 0 amide bonds. The lowest BCUT2D eigenvalue weighted by Gasteiger charge is -2.05. The van der Waals surface area contributed by atoms with Crippen LogP contribution in [0.3, 0.4) is 0 Å². The third kappa shape index (κ3) is 2.90. The SMILES string of the molecule is CC(=N)c1ccc(OCC(=N)N)cc1. The van der Waals surface area contributed by atoms with Crippen LogP contribution in [-0.4, -0.2) is 18.2 Å². The average Bonchev–Trinajstić information content (AvgIpc) is 2.15. The Morgan fingerprint density at radius 2 is 1.86 bits per heavy atom. The van der Waals surface area contributed by atoms with Crippen LogP contribution < -0.4 is 10.5 Å². The molecule has 0 bridgehead atoms. The van der Waals surface area contributed by atoms with Crippen molar-refractivity contribution in [1.82, 2.24) is 0 Å². The van der Waals surface area contributed by atoms with Crippen molar-refractivity contribution in [3.8, 4) is 5.75 Å². The minimum Gasteiger partial charge on any atom is -0.486 e. The number of amidine groups is 1. The number of hydrogen-bond donors (Lipinski definition) is 3. The van der Waals surface area contributed by atoms with Crippen molar-refractivity contribution < 1.29 is 4.74 Å². The fraction of sp³-hybridized carbons (Fsp3) is 0.200. The van der Waals surface area contributed by atoms with Crippen molar-refractivity contribution in [1.29, 1.82) is 10.8 Å². The highest BCUT2D eigenvalue weighted by atomic mass is 16.5. The summed E-state index contributed by atoms with van der Waals surface area (Å²) in [5.41, 5.74) is 6.52. The molecule has 0 aliphatic heterocycles. The zero-order valence-corrected chi connectivity index (χ0v) is 8.00. The largest absolute Gasteiger partial charge is 0.486 e. The highest BCUT2D eigenvalue weighted by molar-refractivity contribution is 5.96. The summed E-state index contributed by atoms with van der Waals surface area (Å²) in [6.07, 6.45) is 0. The van der Waals surface area contributed by atoms with Gasteiger partial charge in [0.05, 0.1) is 0 Å². The van der Waals surface area contributed by atoms with Gasteiger partial charge in [0.1, 0.15) is 18.2 Å². The molecule has 14 heavy (non-hydrogen) atoms. The number of ether oxygens (including phenoxy) is 1. The highest BCUT2D eigenvalue weighted by Gasteiger charge is 1.97. The lowest BCUT2D eigenvalue weighted by molar-refractivity contribution is 0.374. The van der Waals surface area contributed by atoms with Crippen molar-refractivity contribution in [3.05, 3.63) is 29.8 Å². The van der Waals surface area contributed by atoms with Crippen LogP contribution in [0.15, 0.2) is 24.3 Å². The first-order valence-electron chi connectivity index (χ1n) is 4.21. The molecule has 0 spiro atoms. The number of nitrogens with two attached hydrogens (primary N) is 1. The molecule has 1 aromatic carbocycles. The van der Waals surface area contributed by atoms with E-state index in [1.165, 1.54) is 0 Å². The third-order valence-corrected chi connectivity index (χ3v) is 1.68. The smallest absolute Gasteiger partial charge is 0.145 e. The Bertz CT molecular complexity index is 343. The molecule has 0 aromatic heterocycles. The van der Waals surface area contributed by atoms with E-state index in [2.05, 4.69) is 0 Å². The first kappa shape index (κ1) is 10.2. The molecule has 0 fully saturated rings. The Morgan fingerprint density at radius 1 is 1.29 bits per heavy atom. The van der Waals surface area contributed by atoms with Crippen LogP contribution in [0.25, 0.3) is 0 Å². The van der Waals surface area contributed by atoms with Crippen molar-refractivity contribution in [2.45, 2.75) is 6.92 Å². The van der Waals surface area contributed by atoms with E-state index in [9.17, 15) is 0 Å². The van der Waals surface area contributed by atoms with Gasteiger partial charge in [-0.2, -0.15) is 0 Å². The minimum atomic E-state index is -0.00249. The summed E-state index contributed by atoms with van der Waals surface area (Å²) in [7, 11) is 0. The van der Waals surface area contributed by atoms with Crippen LogP contribution >= 0.6 is 0 Å².